The number of likely N-dealkylation sites (tertiary alicyclic amines) is 1. The number of halogens is 1. The molecule has 0 saturated carbocycles. The lowest BCUT2D eigenvalue weighted by Crippen LogP contribution is -2.54. The van der Waals surface area contributed by atoms with Crippen LogP contribution in [0.5, 0.6) is 0 Å². The van der Waals surface area contributed by atoms with Crippen LogP contribution in [-0.2, 0) is 0 Å². The highest BCUT2D eigenvalue weighted by Crippen LogP contribution is 2.26. The van der Waals surface area contributed by atoms with Crippen LogP contribution in [0.2, 0.25) is 5.02 Å². The average Bonchev–Trinajstić information content (AvgIpc) is 3.16. The highest BCUT2D eigenvalue weighted by molar-refractivity contribution is 6.30. The minimum atomic E-state index is -0.404. The van der Waals surface area contributed by atoms with Crippen LogP contribution < -0.4 is 16.0 Å². The second-order valence-corrected chi connectivity index (χ2v) is 7.27. The molecule has 2 aliphatic rings. The standard InChI is InChI=1S/C20H23ClN6/c1-14-6-4-9-17(12-14)27-19(23-16-8-5-7-15(21)13-16)24-18(22)25-20(27)26-10-2-3-11-26/h4-9,12-13,19,23H,2-3,10-11H2,1H3,(H2,22,24). The Morgan fingerprint density at radius 1 is 1.11 bits per heavy atom. The number of hydrogen-bond donors (Lipinski definition) is 2. The molecule has 0 aliphatic carbocycles. The van der Waals surface area contributed by atoms with Gasteiger partial charge in [-0.05, 0) is 55.7 Å². The fraction of sp³-hybridized carbons (Fsp3) is 0.300. The van der Waals surface area contributed by atoms with Gasteiger partial charge in [-0.2, -0.15) is 4.99 Å². The van der Waals surface area contributed by atoms with E-state index in [1.807, 2.05) is 30.3 Å². The normalized spacial score (nSPS) is 19.7. The molecule has 3 N–H and O–H groups in total. The number of nitrogens with zero attached hydrogens (tertiary/aromatic N) is 4. The second-order valence-electron chi connectivity index (χ2n) is 6.83. The van der Waals surface area contributed by atoms with E-state index in [4.69, 9.17) is 17.3 Å². The molecule has 0 radical (unpaired) electrons. The summed E-state index contributed by atoms with van der Waals surface area (Å²) in [6.45, 7) is 4.02. The maximum atomic E-state index is 6.15. The van der Waals surface area contributed by atoms with Crippen molar-refractivity contribution in [1.29, 1.82) is 0 Å². The van der Waals surface area contributed by atoms with E-state index in [0.29, 0.717) is 5.02 Å². The van der Waals surface area contributed by atoms with Crippen LogP contribution in [0.1, 0.15) is 18.4 Å². The molecule has 0 spiro atoms. The summed E-state index contributed by atoms with van der Waals surface area (Å²) in [4.78, 5) is 13.5. The van der Waals surface area contributed by atoms with Gasteiger partial charge in [0.15, 0.2) is 0 Å². The van der Waals surface area contributed by atoms with Gasteiger partial charge in [-0.15, -0.1) is 0 Å². The van der Waals surface area contributed by atoms with Crippen LogP contribution in [0.4, 0.5) is 11.4 Å². The van der Waals surface area contributed by atoms with E-state index in [1.165, 1.54) is 5.56 Å². The number of rotatable bonds is 3. The number of benzene rings is 2. The topological polar surface area (TPSA) is 69.2 Å². The van der Waals surface area contributed by atoms with E-state index in [2.05, 4.69) is 50.2 Å². The molecule has 0 aromatic heterocycles. The molecule has 7 heteroatoms. The molecule has 0 bridgehead atoms. The molecule has 27 heavy (non-hydrogen) atoms. The molecule has 1 atom stereocenters. The maximum absolute atomic E-state index is 6.15. The Kier molecular flexibility index (Phi) is 4.90. The zero-order chi connectivity index (χ0) is 18.8. The van der Waals surface area contributed by atoms with E-state index >= 15 is 0 Å². The molecule has 6 nitrogen and oxygen atoms in total. The van der Waals surface area contributed by atoms with Gasteiger partial charge in [0.1, 0.15) is 0 Å². The largest absolute Gasteiger partial charge is 0.368 e. The Morgan fingerprint density at radius 3 is 2.63 bits per heavy atom. The molecule has 0 amide bonds. The lowest BCUT2D eigenvalue weighted by molar-refractivity contribution is 0.497. The number of hydrogen-bond acceptors (Lipinski definition) is 6. The van der Waals surface area contributed by atoms with Crippen molar-refractivity contribution in [2.24, 2.45) is 15.7 Å². The Balaban J connectivity index is 1.74. The van der Waals surface area contributed by atoms with Crippen molar-refractivity contribution in [2.75, 3.05) is 23.3 Å². The lowest BCUT2D eigenvalue weighted by Gasteiger charge is -2.38. The van der Waals surface area contributed by atoms with Gasteiger partial charge in [0.25, 0.3) is 0 Å². The Bertz CT molecular complexity index is 888. The van der Waals surface area contributed by atoms with Crippen molar-refractivity contribution < 1.29 is 0 Å². The smallest absolute Gasteiger partial charge is 0.222 e. The summed E-state index contributed by atoms with van der Waals surface area (Å²) < 4.78 is 0. The maximum Gasteiger partial charge on any atom is 0.222 e. The summed E-state index contributed by atoms with van der Waals surface area (Å²) in [6.07, 6.45) is 1.91. The quantitative estimate of drug-likeness (QED) is 0.850. The molecule has 1 fully saturated rings. The fourth-order valence-corrected chi connectivity index (χ4v) is 3.67. The predicted octanol–water partition coefficient (Wildman–Crippen LogP) is 3.63. The zero-order valence-electron chi connectivity index (χ0n) is 15.3. The van der Waals surface area contributed by atoms with Crippen molar-refractivity contribution >= 4 is 34.9 Å². The van der Waals surface area contributed by atoms with Crippen LogP contribution in [0.25, 0.3) is 0 Å². The third-order valence-electron chi connectivity index (χ3n) is 4.72. The molecule has 4 rings (SSSR count). The number of nitrogens with one attached hydrogen (secondary N) is 1. The van der Waals surface area contributed by atoms with E-state index < -0.39 is 6.29 Å². The van der Waals surface area contributed by atoms with Gasteiger partial charge < -0.3 is 16.0 Å². The average molecular weight is 383 g/mol. The number of aryl methyl sites for hydroxylation is 1. The summed E-state index contributed by atoms with van der Waals surface area (Å²) in [7, 11) is 0. The van der Waals surface area contributed by atoms with E-state index in [-0.39, 0.29) is 5.96 Å². The van der Waals surface area contributed by atoms with E-state index in [9.17, 15) is 0 Å². The van der Waals surface area contributed by atoms with Crippen LogP contribution in [0, 0.1) is 6.92 Å². The SMILES string of the molecule is Cc1cccc(N2C(N3CCCC3)=NC(N)=NC2Nc2cccc(Cl)c2)c1. The Labute approximate surface area is 164 Å². The fourth-order valence-electron chi connectivity index (χ4n) is 3.48. The summed E-state index contributed by atoms with van der Waals surface area (Å²) in [5.74, 6) is 1.12. The minimum Gasteiger partial charge on any atom is -0.368 e. The number of aliphatic imine (C=N–C) groups is 2. The Hall–Kier alpha value is -2.73. The molecular weight excluding hydrogens is 360 g/mol. The Morgan fingerprint density at radius 2 is 1.89 bits per heavy atom. The highest BCUT2D eigenvalue weighted by atomic mass is 35.5. The van der Waals surface area contributed by atoms with Crippen molar-refractivity contribution in [1.82, 2.24) is 4.90 Å². The molecule has 2 heterocycles. The van der Waals surface area contributed by atoms with Crippen LogP contribution in [0.3, 0.4) is 0 Å². The van der Waals surface area contributed by atoms with Crippen LogP contribution in [0.15, 0.2) is 58.5 Å². The van der Waals surface area contributed by atoms with Crippen molar-refractivity contribution in [3.8, 4) is 0 Å². The first-order chi connectivity index (χ1) is 13.1. The van der Waals surface area contributed by atoms with Crippen LogP contribution in [-0.4, -0.2) is 36.2 Å². The van der Waals surface area contributed by atoms with E-state index in [0.717, 1.165) is 43.3 Å². The number of guanidine groups is 2. The third-order valence-corrected chi connectivity index (χ3v) is 4.95. The van der Waals surface area contributed by atoms with Gasteiger partial charge in [0.05, 0.1) is 0 Å². The van der Waals surface area contributed by atoms with Gasteiger partial charge in [0.2, 0.25) is 18.2 Å². The molecule has 1 unspecified atom stereocenters. The first-order valence-corrected chi connectivity index (χ1v) is 9.53. The highest BCUT2D eigenvalue weighted by Gasteiger charge is 2.32. The predicted molar refractivity (Wildman–Crippen MR) is 112 cm³/mol. The minimum absolute atomic E-state index is 0.278. The van der Waals surface area contributed by atoms with Gasteiger partial charge in [-0.3, -0.25) is 4.90 Å². The van der Waals surface area contributed by atoms with Gasteiger partial charge in [-0.1, -0.05) is 29.8 Å². The molecule has 2 aliphatic heterocycles. The van der Waals surface area contributed by atoms with Crippen molar-refractivity contribution in [3.05, 3.63) is 59.1 Å². The van der Waals surface area contributed by atoms with Gasteiger partial charge >= 0.3 is 0 Å². The molecule has 2 aromatic rings. The zero-order valence-corrected chi connectivity index (χ0v) is 16.0. The lowest BCUT2D eigenvalue weighted by atomic mass is 10.2. The number of anilines is 2. The van der Waals surface area contributed by atoms with Crippen LogP contribution >= 0.6 is 11.6 Å². The summed E-state index contributed by atoms with van der Waals surface area (Å²) >= 11 is 6.15. The summed E-state index contributed by atoms with van der Waals surface area (Å²) in [5.41, 5.74) is 9.16. The second kappa shape index (κ2) is 7.48. The summed E-state index contributed by atoms with van der Waals surface area (Å²) in [5, 5.41) is 4.11. The number of nitrogens with two attached hydrogens (primary N) is 1. The molecule has 140 valence electrons. The van der Waals surface area contributed by atoms with Crippen molar-refractivity contribution in [2.45, 2.75) is 26.1 Å². The third kappa shape index (κ3) is 3.85. The van der Waals surface area contributed by atoms with E-state index in [1.54, 1.807) is 0 Å². The first kappa shape index (κ1) is 17.7. The van der Waals surface area contributed by atoms with Gasteiger partial charge in [-0.25, -0.2) is 4.99 Å². The monoisotopic (exact) mass is 382 g/mol. The molecular formula is C20H23ClN6. The molecule has 1 saturated heterocycles. The van der Waals surface area contributed by atoms with Gasteiger partial charge in [0, 0.05) is 29.5 Å². The summed E-state index contributed by atoms with van der Waals surface area (Å²) in [6, 6.07) is 15.9. The molecule has 2 aromatic carbocycles. The first-order valence-electron chi connectivity index (χ1n) is 9.15. The van der Waals surface area contributed by atoms with Crippen molar-refractivity contribution in [3.63, 3.8) is 0 Å².